The lowest BCUT2D eigenvalue weighted by molar-refractivity contribution is 0.0698. The third kappa shape index (κ3) is 3.63. The Balaban J connectivity index is 2.12. The molecule has 0 atom stereocenters. The number of hydrogen-bond donors (Lipinski definition) is 1. The molecule has 6 nitrogen and oxygen atoms in total. The van der Waals surface area contributed by atoms with Crippen molar-refractivity contribution < 1.29 is 18.3 Å². The molecule has 1 aromatic rings. The van der Waals surface area contributed by atoms with Gasteiger partial charge in [-0.25, -0.2) is 13.2 Å². The summed E-state index contributed by atoms with van der Waals surface area (Å²) in [6, 6.07) is 1.38. The molecule has 0 aromatic carbocycles. The zero-order valence-electron chi connectivity index (χ0n) is 12.2. The summed E-state index contributed by atoms with van der Waals surface area (Å²) in [6.45, 7) is 1.86. The van der Waals surface area contributed by atoms with Crippen LogP contribution in [0.2, 0.25) is 0 Å². The van der Waals surface area contributed by atoms with Crippen LogP contribution in [0.5, 0.6) is 0 Å². The van der Waals surface area contributed by atoms with Crippen molar-refractivity contribution in [1.29, 1.82) is 0 Å². The van der Waals surface area contributed by atoms with Gasteiger partial charge in [0.25, 0.3) is 0 Å². The predicted molar refractivity (Wildman–Crippen MR) is 81.3 cm³/mol. The minimum atomic E-state index is -3.70. The minimum Gasteiger partial charge on any atom is -0.477 e. The smallest absolute Gasteiger partial charge is 0.347 e. The van der Waals surface area contributed by atoms with Crippen LogP contribution in [0, 0.1) is 5.92 Å². The summed E-state index contributed by atoms with van der Waals surface area (Å²) in [5.74, 6) is -0.695. The van der Waals surface area contributed by atoms with E-state index in [1.165, 1.54) is 15.8 Å². The van der Waals surface area contributed by atoms with E-state index in [9.17, 15) is 13.2 Å². The first-order valence-corrected chi connectivity index (χ1v) is 9.10. The Labute approximate surface area is 129 Å². The third-order valence-corrected chi connectivity index (χ3v) is 6.61. The van der Waals surface area contributed by atoms with Crippen LogP contribution < -0.4 is 0 Å². The van der Waals surface area contributed by atoms with Crippen molar-refractivity contribution in [2.45, 2.75) is 17.7 Å². The average molecular weight is 332 g/mol. The second kappa shape index (κ2) is 6.43. The number of nitrogens with zero attached hydrogens (tertiary/aromatic N) is 2. The van der Waals surface area contributed by atoms with Gasteiger partial charge in [-0.1, -0.05) is 0 Å². The van der Waals surface area contributed by atoms with Gasteiger partial charge in [0.05, 0.1) is 0 Å². The highest BCUT2D eigenvalue weighted by Crippen LogP contribution is 2.28. The molecule has 1 aliphatic heterocycles. The molecule has 0 amide bonds. The van der Waals surface area contributed by atoms with Crippen molar-refractivity contribution in [3.63, 3.8) is 0 Å². The number of piperidine rings is 1. The minimum absolute atomic E-state index is 0.0777. The average Bonchev–Trinajstić information content (AvgIpc) is 2.88. The second-order valence-electron chi connectivity index (χ2n) is 5.53. The summed E-state index contributed by atoms with van der Waals surface area (Å²) in [5, 5.41) is 10.6. The Kier molecular flexibility index (Phi) is 5.03. The molecule has 0 aliphatic carbocycles. The van der Waals surface area contributed by atoms with Gasteiger partial charge in [0.2, 0.25) is 10.0 Å². The largest absolute Gasteiger partial charge is 0.477 e. The molecule has 21 heavy (non-hydrogen) atoms. The summed E-state index contributed by atoms with van der Waals surface area (Å²) in [6.07, 6.45) is 1.62. The van der Waals surface area contributed by atoms with Gasteiger partial charge in [0.1, 0.15) is 9.77 Å². The SMILES string of the molecule is CN(C)CC1CCN(S(=O)(=O)c2ccsc2C(=O)O)CC1. The molecule has 1 N–H and O–H groups in total. The monoisotopic (exact) mass is 332 g/mol. The zero-order chi connectivity index (χ0) is 15.6. The van der Waals surface area contributed by atoms with E-state index in [4.69, 9.17) is 5.11 Å². The van der Waals surface area contributed by atoms with Crippen LogP contribution in [0.4, 0.5) is 0 Å². The maximum absolute atomic E-state index is 12.6. The van der Waals surface area contributed by atoms with E-state index < -0.39 is 16.0 Å². The Bertz CT molecular complexity index is 601. The van der Waals surface area contributed by atoms with Crippen molar-refractivity contribution in [1.82, 2.24) is 9.21 Å². The molecular weight excluding hydrogens is 312 g/mol. The van der Waals surface area contributed by atoms with Crippen LogP contribution in [0.1, 0.15) is 22.5 Å². The topological polar surface area (TPSA) is 77.9 Å². The number of thiophene rings is 1. The van der Waals surface area contributed by atoms with Crippen molar-refractivity contribution in [3.05, 3.63) is 16.3 Å². The van der Waals surface area contributed by atoms with Crippen molar-refractivity contribution in [3.8, 4) is 0 Å². The molecule has 118 valence electrons. The lowest BCUT2D eigenvalue weighted by Crippen LogP contribution is -2.40. The van der Waals surface area contributed by atoms with Crippen LogP contribution in [0.25, 0.3) is 0 Å². The standard InChI is InChI=1S/C13H20N2O4S2/c1-14(2)9-10-3-6-15(7-4-10)21(18,19)11-5-8-20-12(11)13(16)17/h5,8,10H,3-4,6-7,9H2,1-2H3,(H,16,17). The molecular formula is C13H20N2O4S2. The van der Waals surface area contributed by atoms with Crippen molar-refractivity contribution in [2.75, 3.05) is 33.7 Å². The van der Waals surface area contributed by atoms with Gasteiger partial charge in [0.15, 0.2) is 0 Å². The van der Waals surface area contributed by atoms with E-state index in [-0.39, 0.29) is 9.77 Å². The molecule has 8 heteroatoms. The van der Waals surface area contributed by atoms with Crippen LogP contribution in [-0.4, -0.2) is 62.4 Å². The van der Waals surface area contributed by atoms with Gasteiger partial charge in [-0.2, -0.15) is 4.31 Å². The zero-order valence-corrected chi connectivity index (χ0v) is 13.8. The summed E-state index contributed by atoms with van der Waals surface area (Å²) in [5.41, 5.74) is 0. The molecule has 2 heterocycles. The summed E-state index contributed by atoms with van der Waals surface area (Å²) < 4.78 is 26.5. The van der Waals surface area contributed by atoms with E-state index >= 15 is 0 Å². The first-order valence-electron chi connectivity index (χ1n) is 6.78. The highest BCUT2D eigenvalue weighted by molar-refractivity contribution is 7.89. The van der Waals surface area contributed by atoms with Gasteiger partial charge in [-0.3, -0.25) is 0 Å². The van der Waals surface area contributed by atoms with Crippen molar-refractivity contribution in [2.24, 2.45) is 5.92 Å². The highest BCUT2D eigenvalue weighted by Gasteiger charge is 2.33. The molecule has 1 saturated heterocycles. The highest BCUT2D eigenvalue weighted by atomic mass is 32.2. The Morgan fingerprint density at radius 3 is 2.57 bits per heavy atom. The fourth-order valence-electron chi connectivity index (χ4n) is 2.64. The Morgan fingerprint density at radius 1 is 1.43 bits per heavy atom. The maximum Gasteiger partial charge on any atom is 0.347 e. The van der Waals surface area contributed by atoms with Gasteiger partial charge in [-0.15, -0.1) is 11.3 Å². The lowest BCUT2D eigenvalue weighted by atomic mass is 9.98. The van der Waals surface area contributed by atoms with E-state index in [0.717, 1.165) is 30.7 Å². The maximum atomic E-state index is 12.6. The predicted octanol–water partition coefficient (Wildman–Crippen LogP) is 1.41. The fraction of sp³-hybridized carbons (Fsp3) is 0.615. The summed E-state index contributed by atoms with van der Waals surface area (Å²) >= 11 is 0.945. The fourth-order valence-corrected chi connectivity index (χ4v) is 5.35. The molecule has 0 radical (unpaired) electrons. The molecule has 2 rings (SSSR count). The van der Waals surface area contributed by atoms with E-state index in [1.807, 2.05) is 14.1 Å². The molecule has 1 aromatic heterocycles. The number of rotatable bonds is 5. The first-order chi connectivity index (χ1) is 9.82. The molecule has 1 aliphatic rings. The van der Waals surface area contributed by atoms with Gasteiger partial charge < -0.3 is 10.0 Å². The first kappa shape index (κ1) is 16.4. The Hall–Kier alpha value is -0.960. The van der Waals surface area contributed by atoms with Crippen LogP contribution in [0.3, 0.4) is 0 Å². The lowest BCUT2D eigenvalue weighted by Gasteiger charge is -2.32. The summed E-state index contributed by atoms with van der Waals surface area (Å²) in [7, 11) is 0.318. The molecule has 1 fully saturated rings. The van der Waals surface area contributed by atoms with Crippen LogP contribution in [0.15, 0.2) is 16.3 Å². The Morgan fingerprint density at radius 2 is 2.05 bits per heavy atom. The van der Waals surface area contributed by atoms with Gasteiger partial charge in [-0.05, 0) is 44.3 Å². The van der Waals surface area contributed by atoms with Crippen LogP contribution in [-0.2, 0) is 10.0 Å². The molecule has 0 spiro atoms. The number of carboxylic acid groups (broad SMARTS) is 1. The normalized spacial score (nSPS) is 18.2. The molecule has 0 bridgehead atoms. The van der Waals surface area contributed by atoms with E-state index in [0.29, 0.717) is 19.0 Å². The molecule has 0 unspecified atom stereocenters. The van der Waals surface area contributed by atoms with E-state index in [2.05, 4.69) is 4.90 Å². The second-order valence-corrected chi connectivity index (χ2v) is 8.35. The van der Waals surface area contributed by atoms with E-state index in [1.54, 1.807) is 0 Å². The number of hydrogen-bond acceptors (Lipinski definition) is 5. The third-order valence-electron chi connectivity index (χ3n) is 3.64. The quantitative estimate of drug-likeness (QED) is 0.882. The van der Waals surface area contributed by atoms with Crippen molar-refractivity contribution >= 4 is 27.3 Å². The number of aromatic carboxylic acids is 1. The van der Waals surface area contributed by atoms with Gasteiger partial charge in [0, 0.05) is 19.6 Å². The number of sulfonamides is 1. The number of carbonyl (C=O) groups is 1. The summed E-state index contributed by atoms with van der Waals surface area (Å²) in [4.78, 5) is 13.0. The van der Waals surface area contributed by atoms with Crippen LogP contribution >= 0.6 is 11.3 Å². The number of carboxylic acids is 1. The molecule has 0 saturated carbocycles. The van der Waals surface area contributed by atoms with Gasteiger partial charge >= 0.3 is 5.97 Å².